The maximum Gasteiger partial charge on any atom is 0.258 e. The molecule has 0 unspecified atom stereocenters. The van der Waals surface area contributed by atoms with Gasteiger partial charge in [-0.15, -0.1) is 0 Å². The lowest BCUT2D eigenvalue weighted by Crippen LogP contribution is -2.28. The van der Waals surface area contributed by atoms with Crippen LogP contribution in [0.5, 0.6) is 5.75 Å². The summed E-state index contributed by atoms with van der Waals surface area (Å²) in [5.41, 5.74) is 4.60. The molecule has 3 rings (SSSR count). The monoisotopic (exact) mass is 322 g/mol. The normalized spacial score (nSPS) is 10.8. The van der Waals surface area contributed by atoms with E-state index in [0.717, 1.165) is 16.8 Å². The van der Waals surface area contributed by atoms with Gasteiger partial charge in [-0.2, -0.15) is 0 Å². The number of benzene rings is 2. The fourth-order valence-electron chi connectivity index (χ4n) is 2.91. The summed E-state index contributed by atoms with van der Waals surface area (Å²) in [6, 6.07) is 15.9. The van der Waals surface area contributed by atoms with E-state index in [1.807, 2.05) is 50.4 Å². The molecule has 4 nitrogen and oxygen atoms in total. The first-order valence-electron chi connectivity index (χ1n) is 8.05. The number of ether oxygens (including phenoxy) is 1. The lowest BCUT2D eigenvalue weighted by molar-refractivity contribution is -0.123. The molecule has 1 amide bonds. The Hall–Kier alpha value is -2.75. The highest BCUT2D eigenvalue weighted by Crippen LogP contribution is 2.24. The zero-order valence-corrected chi connectivity index (χ0v) is 14.3. The number of para-hydroxylation sites is 1. The molecule has 124 valence electrons. The summed E-state index contributed by atoms with van der Waals surface area (Å²) in [4.78, 5) is 12.1. The molecule has 0 aliphatic rings. The van der Waals surface area contributed by atoms with Crippen molar-refractivity contribution in [2.24, 2.45) is 7.05 Å². The van der Waals surface area contributed by atoms with Crippen LogP contribution >= 0.6 is 0 Å². The largest absolute Gasteiger partial charge is 0.484 e. The fourth-order valence-corrected chi connectivity index (χ4v) is 2.91. The molecule has 2 aromatic carbocycles. The number of rotatable bonds is 5. The quantitative estimate of drug-likeness (QED) is 0.781. The van der Waals surface area contributed by atoms with E-state index in [0.29, 0.717) is 12.3 Å². The van der Waals surface area contributed by atoms with Crippen LogP contribution < -0.4 is 10.1 Å². The van der Waals surface area contributed by atoms with Gasteiger partial charge in [-0.05, 0) is 43.2 Å². The molecular weight excluding hydrogens is 300 g/mol. The number of amides is 1. The minimum absolute atomic E-state index is 0.0211. The highest BCUT2D eigenvalue weighted by atomic mass is 16.5. The van der Waals surface area contributed by atoms with E-state index in [4.69, 9.17) is 4.74 Å². The zero-order chi connectivity index (χ0) is 17.1. The number of hydrogen-bond acceptors (Lipinski definition) is 2. The maximum atomic E-state index is 12.1. The second-order valence-corrected chi connectivity index (χ2v) is 6.02. The van der Waals surface area contributed by atoms with Crippen molar-refractivity contribution >= 4 is 16.8 Å². The predicted molar refractivity (Wildman–Crippen MR) is 96.2 cm³/mol. The van der Waals surface area contributed by atoms with Gasteiger partial charge >= 0.3 is 0 Å². The Kier molecular flexibility index (Phi) is 4.56. The molecule has 0 saturated heterocycles. The van der Waals surface area contributed by atoms with Crippen molar-refractivity contribution in [3.63, 3.8) is 0 Å². The van der Waals surface area contributed by atoms with Gasteiger partial charge in [0.2, 0.25) is 0 Å². The van der Waals surface area contributed by atoms with Crippen molar-refractivity contribution in [3.05, 3.63) is 65.4 Å². The number of aromatic nitrogens is 1. The van der Waals surface area contributed by atoms with Gasteiger partial charge in [-0.3, -0.25) is 4.79 Å². The molecule has 0 spiro atoms. The van der Waals surface area contributed by atoms with Gasteiger partial charge in [0.05, 0.1) is 0 Å². The third-order valence-corrected chi connectivity index (χ3v) is 4.35. The van der Waals surface area contributed by atoms with Crippen molar-refractivity contribution in [1.82, 2.24) is 9.88 Å². The van der Waals surface area contributed by atoms with Gasteiger partial charge in [0, 0.05) is 30.2 Å². The Balaban J connectivity index is 1.64. The molecule has 0 fully saturated rings. The molecule has 1 aromatic heterocycles. The topological polar surface area (TPSA) is 43.3 Å². The SMILES string of the molecule is Cc1cccc(OCC(=O)NCc2c(C)n(C)c3ccccc23)c1. The van der Waals surface area contributed by atoms with Gasteiger partial charge in [-0.25, -0.2) is 0 Å². The average Bonchev–Trinajstić information content (AvgIpc) is 2.83. The number of aryl methyl sites for hydroxylation is 2. The standard InChI is InChI=1S/C20H22N2O2/c1-14-7-6-8-16(11-14)24-13-20(23)21-12-18-15(2)22(3)19-10-5-4-9-17(18)19/h4-11H,12-13H2,1-3H3,(H,21,23). The van der Waals surface area contributed by atoms with Crippen LogP contribution in [0.2, 0.25) is 0 Å². The van der Waals surface area contributed by atoms with Crippen LogP contribution in [0.4, 0.5) is 0 Å². The molecule has 24 heavy (non-hydrogen) atoms. The third kappa shape index (κ3) is 3.27. The molecule has 0 atom stereocenters. The summed E-state index contributed by atoms with van der Waals surface area (Å²) in [7, 11) is 2.05. The second-order valence-electron chi connectivity index (χ2n) is 6.02. The summed E-state index contributed by atoms with van der Waals surface area (Å²) in [5.74, 6) is 0.593. The van der Waals surface area contributed by atoms with Gasteiger partial charge < -0.3 is 14.6 Å². The molecule has 0 saturated carbocycles. The molecule has 0 radical (unpaired) electrons. The number of carbonyl (C=O) groups is 1. The van der Waals surface area contributed by atoms with Crippen LogP contribution in [0.3, 0.4) is 0 Å². The van der Waals surface area contributed by atoms with E-state index in [2.05, 4.69) is 28.9 Å². The van der Waals surface area contributed by atoms with Gasteiger partial charge in [0.15, 0.2) is 6.61 Å². The first-order chi connectivity index (χ1) is 11.6. The number of hydrogen-bond donors (Lipinski definition) is 1. The minimum atomic E-state index is -0.121. The molecule has 0 aliphatic heterocycles. The van der Waals surface area contributed by atoms with Crippen molar-refractivity contribution in [1.29, 1.82) is 0 Å². The van der Waals surface area contributed by atoms with Crippen LogP contribution in [-0.2, 0) is 18.4 Å². The summed E-state index contributed by atoms with van der Waals surface area (Å²) < 4.78 is 7.70. The number of nitrogens with zero attached hydrogens (tertiary/aromatic N) is 1. The number of nitrogens with one attached hydrogen (secondary N) is 1. The van der Waals surface area contributed by atoms with Gasteiger partial charge in [0.1, 0.15) is 5.75 Å². The summed E-state index contributed by atoms with van der Waals surface area (Å²) in [6.07, 6.45) is 0. The van der Waals surface area contributed by atoms with Crippen molar-refractivity contribution in [3.8, 4) is 5.75 Å². The zero-order valence-electron chi connectivity index (χ0n) is 14.3. The number of carbonyl (C=O) groups excluding carboxylic acids is 1. The molecular formula is C20H22N2O2. The first kappa shape index (κ1) is 16.1. The Morgan fingerprint density at radius 2 is 1.92 bits per heavy atom. The lowest BCUT2D eigenvalue weighted by Gasteiger charge is -2.08. The van der Waals surface area contributed by atoms with Crippen molar-refractivity contribution in [2.45, 2.75) is 20.4 Å². The Labute approximate surface area is 142 Å². The minimum Gasteiger partial charge on any atom is -0.484 e. The molecule has 3 aromatic rings. The molecule has 0 bridgehead atoms. The van der Waals surface area contributed by atoms with Crippen LogP contribution in [0.1, 0.15) is 16.8 Å². The molecule has 0 aliphatic carbocycles. The van der Waals surface area contributed by atoms with Crippen molar-refractivity contribution < 1.29 is 9.53 Å². The van der Waals surface area contributed by atoms with E-state index in [-0.39, 0.29) is 12.5 Å². The molecule has 1 heterocycles. The molecule has 1 N–H and O–H groups in total. The Bertz CT molecular complexity index is 880. The lowest BCUT2D eigenvalue weighted by atomic mass is 10.1. The molecule has 4 heteroatoms. The van der Waals surface area contributed by atoms with E-state index in [1.54, 1.807) is 0 Å². The van der Waals surface area contributed by atoms with Gasteiger partial charge in [0.25, 0.3) is 5.91 Å². The van der Waals surface area contributed by atoms with Crippen molar-refractivity contribution in [2.75, 3.05) is 6.61 Å². The van der Waals surface area contributed by atoms with E-state index < -0.39 is 0 Å². The van der Waals surface area contributed by atoms with E-state index in [1.165, 1.54) is 10.9 Å². The van der Waals surface area contributed by atoms with Crippen LogP contribution in [0.25, 0.3) is 10.9 Å². The highest BCUT2D eigenvalue weighted by molar-refractivity contribution is 5.86. The Morgan fingerprint density at radius 3 is 2.71 bits per heavy atom. The summed E-state index contributed by atoms with van der Waals surface area (Å²) >= 11 is 0. The smallest absolute Gasteiger partial charge is 0.258 e. The first-order valence-corrected chi connectivity index (χ1v) is 8.05. The maximum absolute atomic E-state index is 12.1. The Morgan fingerprint density at radius 1 is 1.12 bits per heavy atom. The van der Waals surface area contributed by atoms with Crippen LogP contribution in [-0.4, -0.2) is 17.1 Å². The van der Waals surface area contributed by atoms with E-state index in [9.17, 15) is 4.79 Å². The van der Waals surface area contributed by atoms with E-state index >= 15 is 0 Å². The van der Waals surface area contributed by atoms with Crippen LogP contribution in [0.15, 0.2) is 48.5 Å². The van der Waals surface area contributed by atoms with Gasteiger partial charge in [-0.1, -0.05) is 30.3 Å². The third-order valence-electron chi connectivity index (χ3n) is 4.35. The van der Waals surface area contributed by atoms with Crippen LogP contribution in [0, 0.1) is 13.8 Å². The highest BCUT2D eigenvalue weighted by Gasteiger charge is 2.12. The average molecular weight is 322 g/mol. The summed E-state index contributed by atoms with van der Waals surface area (Å²) in [5, 5.41) is 4.13. The number of fused-ring (bicyclic) bond motifs is 1. The fraction of sp³-hybridized carbons (Fsp3) is 0.250. The summed E-state index contributed by atoms with van der Waals surface area (Å²) in [6.45, 7) is 4.59. The second kappa shape index (κ2) is 6.79. The predicted octanol–water partition coefficient (Wildman–Crippen LogP) is 3.49.